The Hall–Kier alpha value is -1.00. The van der Waals surface area contributed by atoms with Gasteiger partial charge in [0.1, 0.15) is 5.92 Å². The first-order valence-electron chi connectivity index (χ1n) is 9.78. The van der Waals surface area contributed by atoms with E-state index < -0.39 is 18.1 Å². The first-order valence-corrected chi connectivity index (χ1v) is 9.78. The lowest BCUT2D eigenvalue weighted by Gasteiger charge is -2.14. The van der Waals surface area contributed by atoms with Crippen LogP contribution in [0.4, 0.5) is 13.2 Å². The summed E-state index contributed by atoms with van der Waals surface area (Å²) in [7, 11) is 0. The van der Waals surface area contributed by atoms with Crippen LogP contribution < -0.4 is 0 Å². The van der Waals surface area contributed by atoms with E-state index in [1.165, 1.54) is 51.4 Å². The molecule has 5 heteroatoms. The fourth-order valence-electron chi connectivity index (χ4n) is 2.41. The van der Waals surface area contributed by atoms with E-state index in [-0.39, 0.29) is 6.61 Å². The molecule has 0 rings (SSSR count). The van der Waals surface area contributed by atoms with Crippen LogP contribution in [0.25, 0.3) is 0 Å². The van der Waals surface area contributed by atoms with Crippen molar-refractivity contribution in [3.05, 3.63) is 12.2 Å². The van der Waals surface area contributed by atoms with Crippen LogP contribution in [-0.2, 0) is 9.53 Å². The third kappa shape index (κ3) is 15.0. The fraction of sp³-hybridized carbons (Fsp3) is 0.850. The molecule has 0 amide bonds. The fourth-order valence-corrected chi connectivity index (χ4v) is 2.41. The molecular weight excluding hydrogens is 329 g/mol. The SMILES string of the molecule is CCCC/C=C/CCCCCCCCCCOC(=O)C(C)C(F)(F)F. The Labute approximate surface area is 151 Å². The monoisotopic (exact) mass is 364 g/mol. The number of halogens is 3. The molecule has 1 atom stereocenters. The molecule has 0 aromatic rings. The number of carbonyl (C=O) groups is 1. The minimum atomic E-state index is -4.51. The maximum atomic E-state index is 12.3. The summed E-state index contributed by atoms with van der Waals surface area (Å²) in [5, 5.41) is 0. The highest BCUT2D eigenvalue weighted by Crippen LogP contribution is 2.26. The standard InChI is InChI=1S/C20H35F3O2/c1-3-4-5-6-7-8-9-10-11-12-13-14-15-16-17-25-19(24)18(2)20(21,22)23/h6-7,18H,3-5,8-17H2,1-2H3/b7-6+. The Morgan fingerprint density at radius 2 is 1.36 bits per heavy atom. The molecule has 0 fully saturated rings. The normalized spacial score (nSPS) is 13.3. The quantitative estimate of drug-likeness (QED) is 0.178. The first kappa shape index (κ1) is 24.0. The Bertz CT molecular complexity index is 351. The average Bonchev–Trinajstić information content (AvgIpc) is 2.56. The summed E-state index contributed by atoms with van der Waals surface area (Å²) in [6, 6.07) is 0. The maximum Gasteiger partial charge on any atom is 0.401 e. The van der Waals surface area contributed by atoms with Crippen molar-refractivity contribution in [3.63, 3.8) is 0 Å². The van der Waals surface area contributed by atoms with E-state index in [0.29, 0.717) is 6.42 Å². The smallest absolute Gasteiger partial charge is 0.401 e. The lowest BCUT2D eigenvalue weighted by molar-refractivity contribution is -0.194. The summed E-state index contributed by atoms with van der Waals surface area (Å²) in [6.45, 7) is 3.13. The summed E-state index contributed by atoms with van der Waals surface area (Å²) in [6.07, 6.45) is 13.6. The molecule has 0 spiro atoms. The van der Waals surface area contributed by atoms with Crippen LogP contribution in [0.5, 0.6) is 0 Å². The van der Waals surface area contributed by atoms with Crippen molar-refractivity contribution in [1.82, 2.24) is 0 Å². The van der Waals surface area contributed by atoms with Gasteiger partial charge >= 0.3 is 12.1 Å². The zero-order valence-electron chi connectivity index (χ0n) is 15.9. The van der Waals surface area contributed by atoms with Gasteiger partial charge in [-0.25, -0.2) is 0 Å². The van der Waals surface area contributed by atoms with E-state index in [4.69, 9.17) is 0 Å². The van der Waals surface area contributed by atoms with E-state index in [0.717, 1.165) is 26.2 Å². The number of unbranched alkanes of at least 4 members (excludes halogenated alkanes) is 10. The lowest BCUT2D eigenvalue weighted by atomic mass is 10.1. The van der Waals surface area contributed by atoms with Crippen LogP contribution in [0, 0.1) is 5.92 Å². The number of ether oxygens (including phenoxy) is 1. The van der Waals surface area contributed by atoms with Gasteiger partial charge in [0.25, 0.3) is 0 Å². The number of esters is 1. The molecule has 0 saturated heterocycles. The third-order valence-electron chi connectivity index (χ3n) is 4.25. The molecule has 0 heterocycles. The molecule has 0 aliphatic rings. The van der Waals surface area contributed by atoms with Gasteiger partial charge in [-0.3, -0.25) is 4.79 Å². The van der Waals surface area contributed by atoms with Gasteiger partial charge in [-0.2, -0.15) is 13.2 Å². The minimum Gasteiger partial charge on any atom is -0.465 e. The van der Waals surface area contributed by atoms with E-state index >= 15 is 0 Å². The second-order valence-electron chi connectivity index (χ2n) is 6.66. The molecule has 0 aromatic carbocycles. The van der Waals surface area contributed by atoms with Crippen LogP contribution >= 0.6 is 0 Å². The highest BCUT2D eigenvalue weighted by molar-refractivity contribution is 5.72. The molecule has 25 heavy (non-hydrogen) atoms. The maximum absolute atomic E-state index is 12.3. The Morgan fingerprint density at radius 1 is 0.880 bits per heavy atom. The van der Waals surface area contributed by atoms with Gasteiger partial charge in [-0.1, -0.05) is 70.4 Å². The van der Waals surface area contributed by atoms with Crippen molar-refractivity contribution in [2.45, 2.75) is 97.1 Å². The van der Waals surface area contributed by atoms with Gasteiger partial charge in [0, 0.05) is 0 Å². The van der Waals surface area contributed by atoms with Crippen molar-refractivity contribution in [3.8, 4) is 0 Å². The van der Waals surface area contributed by atoms with Crippen molar-refractivity contribution in [2.75, 3.05) is 6.61 Å². The molecule has 0 saturated carbocycles. The first-order chi connectivity index (χ1) is 11.9. The zero-order chi connectivity index (χ0) is 19.0. The van der Waals surface area contributed by atoms with Gasteiger partial charge < -0.3 is 4.74 Å². The van der Waals surface area contributed by atoms with Crippen LogP contribution in [0.15, 0.2) is 12.2 Å². The van der Waals surface area contributed by atoms with Crippen LogP contribution in [-0.4, -0.2) is 18.8 Å². The number of allylic oxidation sites excluding steroid dienone is 2. The van der Waals surface area contributed by atoms with Crippen LogP contribution in [0.3, 0.4) is 0 Å². The van der Waals surface area contributed by atoms with E-state index in [1.807, 2.05) is 0 Å². The Balaban J connectivity index is 3.32. The third-order valence-corrected chi connectivity index (χ3v) is 4.25. The predicted octanol–water partition coefficient (Wildman–Crippen LogP) is 6.99. The van der Waals surface area contributed by atoms with Crippen LogP contribution in [0.1, 0.15) is 90.9 Å². The number of carbonyl (C=O) groups excluding carboxylic acids is 1. The zero-order valence-corrected chi connectivity index (χ0v) is 15.9. The summed E-state index contributed by atoms with van der Waals surface area (Å²) in [5.41, 5.74) is 0. The summed E-state index contributed by atoms with van der Waals surface area (Å²) in [5.74, 6) is -3.20. The highest BCUT2D eigenvalue weighted by atomic mass is 19.4. The van der Waals surface area contributed by atoms with Gasteiger partial charge in [0.05, 0.1) is 6.61 Å². The van der Waals surface area contributed by atoms with Gasteiger partial charge in [-0.15, -0.1) is 0 Å². The van der Waals surface area contributed by atoms with E-state index in [1.54, 1.807) is 0 Å². The molecule has 0 aliphatic carbocycles. The van der Waals surface area contributed by atoms with Crippen molar-refractivity contribution < 1.29 is 22.7 Å². The number of hydrogen-bond acceptors (Lipinski definition) is 2. The summed E-state index contributed by atoms with van der Waals surface area (Å²) < 4.78 is 41.5. The molecule has 2 nitrogen and oxygen atoms in total. The molecule has 0 bridgehead atoms. The number of rotatable bonds is 15. The Kier molecular flexibility index (Phi) is 14.7. The van der Waals surface area contributed by atoms with Gasteiger partial charge in [-0.05, 0) is 32.6 Å². The largest absolute Gasteiger partial charge is 0.465 e. The van der Waals surface area contributed by atoms with Crippen molar-refractivity contribution in [2.24, 2.45) is 5.92 Å². The Morgan fingerprint density at radius 3 is 1.88 bits per heavy atom. The number of alkyl halides is 3. The lowest BCUT2D eigenvalue weighted by Crippen LogP contribution is -2.29. The molecular formula is C20H35F3O2. The molecule has 0 N–H and O–H groups in total. The van der Waals surface area contributed by atoms with Crippen LogP contribution in [0.2, 0.25) is 0 Å². The molecule has 0 aliphatic heterocycles. The molecule has 0 radical (unpaired) electrons. The second-order valence-corrected chi connectivity index (χ2v) is 6.66. The predicted molar refractivity (Wildman–Crippen MR) is 96.4 cm³/mol. The topological polar surface area (TPSA) is 26.3 Å². The molecule has 148 valence electrons. The minimum absolute atomic E-state index is 0.0869. The van der Waals surface area contributed by atoms with Gasteiger partial charge in [0.15, 0.2) is 0 Å². The van der Waals surface area contributed by atoms with Crippen molar-refractivity contribution >= 4 is 5.97 Å². The molecule has 0 aromatic heterocycles. The van der Waals surface area contributed by atoms with Gasteiger partial charge in [0.2, 0.25) is 0 Å². The average molecular weight is 364 g/mol. The number of hydrogen-bond donors (Lipinski definition) is 0. The van der Waals surface area contributed by atoms with E-state index in [9.17, 15) is 18.0 Å². The summed E-state index contributed by atoms with van der Waals surface area (Å²) >= 11 is 0. The van der Waals surface area contributed by atoms with E-state index in [2.05, 4.69) is 23.8 Å². The van der Waals surface area contributed by atoms with Crippen molar-refractivity contribution in [1.29, 1.82) is 0 Å². The second kappa shape index (κ2) is 15.3. The highest BCUT2D eigenvalue weighted by Gasteiger charge is 2.42. The summed E-state index contributed by atoms with van der Waals surface area (Å²) in [4.78, 5) is 11.2. The molecule has 1 unspecified atom stereocenters.